The van der Waals surface area contributed by atoms with Crippen LogP contribution in [-0.2, 0) is 9.53 Å². The summed E-state index contributed by atoms with van der Waals surface area (Å²) in [5, 5.41) is 12.8. The molecule has 0 saturated heterocycles. The van der Waals surface area contributed by atoms with Gasteiger partial charge in [0.05, 0.1) is 19.6 Å². The highest BCUT2D eigenvalue weighted by atomic mass is 32.1. The highest BCUT2D eigenvalue weighted by molar-refractivity contribution is 7.17. The first kappa shape index (κ1) is 11.1. The van der Waals surface area contributed by atoms with E-state index in [0.717, 1.165) is 15.6 Å². The van der Waals surface area contributed by atoms with Crippen molar-refractivity contribution in [2.75, 3.05) is 7.11 Å². The van der Waals surface area contributed by atoms with Crippen molar-refractivity contribution < 1.29 is 14.6 Å². The molecule has 84 valence electrons. The fraction of sp³-hybridized carbons (Fsp3) is 0.250. The Labute approximate surface area is 97.3 Å². The van der Waals surface area contributed by atoms with E-state index in [1.807, 2.05) is 29.6 Å². The first-order valence-corrected chi connectivity index (χ1v) is 5.81. The standard InChI is InChI=1S/C12H12O3S/c1-15-12(14)6-10(13)9-7-16-11-5-3-2-4-8(9)11/h2-5,7,10,13H,6H2,1H3. The van der Waals surface area contributed by atoms with Gasteiger partial charge in [0.2, 0.25) is 0 Å². The average Bonchev–Trinajstić information content (AvgIpc) is 2.72. The number of esters is 1. The zero-order valence-electron chi connectivity index (χ0n) is 8.84. The molecule has 3 nitrogen and oxygen atoms in total. The number of carbonyl (C=O) groups is 1. The maximum atomic E-state index is 11.1. The zero-order chi connectivity index (χ0) is 11.5. The van der Waals surface area contributed by atoms with Crippen LogP contribution >= 0.6 is 11.3 Å². The molecule has 1 N–H and O–H groups in total. The summed E-state index contributed by atoms with van der Waals surface area (Å²) in [5.41, 5.74) is 0.797. The van der Waals surface area contributed by atoms with Gasteiger partial charge >= 0.3 is 5.97 Å². The molecule has 1 heterocycles. The predicted molar refractivity (Wildman–Crippen MR) is 63.4 cm³/mol. The highest BCUT2D eigenvalue weighted by Gasteiger charge is 2.16. The number of methoxy groups -OCH3 is 1. The molecule has 1 aromatic heterocycles. The molecule has 2 aromatic rings. The third-order valence-electron chi connectivity index (χ3n) is 2.46. The Morgan fingerprint density at radius 1 is 1.50 bits per heavy atom. The molecule has 0 fully saturated rings. The van der Waals surface area contributed by atoms with Crippen LogP contribution in [0.5, 0.6) is 0 Å². The van der Waals surface area contributed by atoms with E-state index in [1.54, 1.807) is 11.3 Å². The third kappa shape index (κ3) is 2.08. The molecule has 0 radical (unpaired) electrons. The molecule has 1 atom stereocenters. The lowest BCUT2D eigenvalue weighted by Gasteiger charge is -2.07. The highest BCUT2D eigenvalue weighted by Crippen LogP contribution is 2.31. The Bertz CT molecular complexity index is 504. The molecule has 0 saturated carbocycles. The van der Waals surface area contributed by atoms with Gasteiger partial charge in [0.25, 0.3) is 0 Å². The van der Waals surface area contributed by atoms with Crippen LogP contribution in [0.15, 0.2) is 29.6 Å². The van der Waals surface area contributed by atoms with Gasteiger partial charge in [0, 0.05) is 4.70 Å². The van der Waals surface area contributed by atoms with Crippen LogP contribution in [0.25, 0.3) is 10.1 Å². The molecule has 1 unspecified atom stereocenters. The van der Waals surface area contributed by atoms with E-state index in [-0.39, 0.29) is 6.42 Å². The van der Waals surface area contributed by atoms with Crippen LogP contribution in [0.1, 0.15) is 18.1 Å². The Kier molecular flexibility index (Phi) is 3.22. The van der Waals surface area contributed by atoms with Crippen molar-refractivity contribution in [3.63, 3.8) is 0 Å². The maximum absolute atomic E-state index is 11.1. The second kappa shape index (κ2) is 4.63. The number of thiophene rings is 1. The summed E-state index contributed by atoms with van der Waals surface area (Å²) in [6.45, 7) is 0. The van der Waals surface area contributed by atoms with Gasteiger partial charge in [0.15, 0.2) is 0 Å². The van der Waals surface area contributed by atoms with Crippen LogP contribution in [0.4, 0.5) is 0 Å². The van der Waals surface area contributed by atoms with Crippen molar-refractivity contribution in [1.29, 1.82) is 0 Å². The first-order chi connectivity index (χ1) is 7.72. The number of aliphatic hydroxyl groups excluding tert-OH is 1. The van der Waals surface area contributed by atoms with Gasteiger partial charge in [-0.1, -0.05) is 18.2 Å². The summed E-state index contributed by atoms with van der Waals surface area (Å²) < 4.78 is 5.65. The molecule has 4 heteroatoms. The predicted octanol–water partition coefficient (Wildman–Crippen LogP) is 2.50. The van der Waals surface area contributed by atoms with E-state index in [9.17, 15) is 9.90 Å². The van der Waals surface area contributed by atoms with E-state index in [2.05, 4.69) is 4.74 Å². The molecular formula is C12H12O3S. The number of hydrogen-bond acceptors (Lipinski definition) is 4. The van der Waals surface area contributed by atoms with E-state index in [0.29, 0.717) is 0 Å². The quantitative estimate of drug-likeness (QED) is 0.833. The van der Waals surface area contributed by atoms with Gasteiger partial charge in [-0.25, -0.2) is 0 Å². The number of ether oxygens (including phenoxy) is 1. The number of rotatable bonds is 3. The summed E-state index contributed by atoms with van der Waals surface area (Å²) in [5.74, 6) is -0.400. The van der Waals surface area contributed by atoms with Crippen LogP contribution in [0.2, 0.25) is 0 Å². The minimum Gasteiger partial charge on any atom is -0.469 e. The molecule has 0 aliphatic carbocycles. The minimum atomic E-state index is -0.788. The SMILES string of the molecule is COC(=O)CC(O)c1csc2ccccc12. The second-order valence-corrected chi connectivity index (χ2v) is 4.39. The molecule has 16 heavy (non-hydrogen) atoms. The van der Waals surface area contributed by atoms with E-state index in [1.165, 1.54) is 7.11 Å². The number of hydrogen-bond donors (Lipinski definition) is 1. The van der Waals surface area contributed by atoms with Crippen molar-refractivity contribution in [3.05, 3.63) is 35.2 Å². The number of aliphatic hydroxyl groups is 1. The van der Waals surface area contributed by atoms with Gasteiger partial charge in [-0.15, -0.1) is 11.3 Å². The van der Waals surface area contributed by atoms with Crippen molar-refractivity contribution in [2.45, 2.75) is 12.5 Å². The van der Waals surface area contributed by atoms with Crippen molar-refractivity contribution in [3.8, 4) is 0 Å². The molecular weight excluding hydrogens is 224 g/mol. The third-order valence-corrected chi connectivity index (χ3v) is 3.44. The molecule has 0 bridgehead atoms. The average molecular weight is 236 g/mol. The summed E-state index contributed by atoms with van der Waals surface area (Å²) in [6.07, 6.45) is -0.791. The first-order valence-electron chi connectivity index (χ1n) is 4.93. The van der Waals surface area contributed by atoms with Crippen molar-refractivity contribution >= 4 is 27.4 Å². The fourth-order valence-electron chi connectivity index (χ4n) is 1.61. The Hall–Kier alpha value is -1.39. The van der Waals surface area contributed by atoms with Crippen LogP contribution in [-0.4, -0.2) is 18.2 Å². The minimum absolute atomic E-state index is 0.00275. The summed E-state index contributed by atoms with van der Waals surface area (Å²) in [7, 11) is 1.32. The molecule has 0 amide bonds. The Morgan fingerprint density at radius 2 is 2.25 bits per heavy atom. The van der Waals surface area contributed by atoms with Gasteiger partial charge in [-0.2, -0.15) is 0 Å². The van der Waals surface area contributed by atoms with Crippen molar-refractivity contribution in [2.24, 2.45) is 0 Å². The van der Waals surface area contributed by atoms with Crippen LogP contribution in [0.3, 0.4) is 0 Å². The largest absolute Gasteiger partial charge is 0.469 e. The topological polar surface area (TPSA) is 46.5 Å². The van der Waals surface area contributed by atoms with Gasteiger partial charge in [-0.05, 0) is 22.4 Å². The summed E-state index contributed by atoms with van der Waals surface area (Å²) in [4.78, 5) is 11.1. The smallest absolute Gasteiger partial charge is 0.308 e. The van der Waals surface area contributed by atoms with E-state index in [4.69, 9.17) is 0 Å². The van der Waals surface area contributed by atoms with Gasteiger partial charge in [0.1, 0.15) is 0 Å². The monoisotopic (exact) mass is 236 g/mol. The summed E-state index contributed by atoms with van der Waals surface area (Å²) in [6, 6.07) is 7.81. The molecule has 0 aliphatic heterocycles. The lowest BCUT2D eigenvalue weighted by Crippen LogP contribution is -2.07. The van der Waals surface area contributed by atoms with E-state index >= 15 is 0 Å². The molecule has 0 aliphatic rings. The lowest BCUT2D eigenvalue weighted by molar-refractivity contribution is -0.142. The van der Waals surface area contributed by atoms with Crippen LogP contribution in [0, 0.1) is 0 Å². The lowest BCUT2D eigenvalue weighted by atomic mass is 10.1. The molecule has 0 spiro atoms. The van der Waals surface area contributed by atoms with Gasteiger partial charge in [-0.3, -0.25) is 4.79 Å². The number of fused-ring (bicyclic) bond motifs is 1. The fourth-order valence-corrected chi connectivity index (χ4v) is 2.62. The molecule has 1 aromatic carbocycles. The maximum Gasteiger partial charge on any atom is 0.308 e. The van der Waals surface area contributed by atoms with Crippen LogP contribution < -0.4 is 0 Å². The number of benzene rings is 1. The van der Waals surface area contributed by atoms with Crippen molar-refractivity contribution in [1.82, 2.24) is 0 Å². The zero-order valence-corrected chi connectivity index (χ0v) is 9.66. The summed E-state index contributed by atoms with van der Waals surface area (Å²) >= 11 is 1.56. The Balaban J connectivity index is 2.29. The van der Waals surface area contributed by atoms with Gasteiger partial charge < -0.3 is 9.84 Å². The van der Waals surface area contributed by atoms with E-state index < -0.39 is 12.1 Å². The Morgan fingerprint density at radius 3 is 3.00 bits per heavy atom. The molecule has 2 rings (SSSR count). The normalized spacial score (nSPS) is 12.6. The second-order valence-electron chi connectivity index (χ2n) is 3.48. The number of carbonyl (C=O) groups excluding carboxylic acids is 1.